The summed E-state index contributed by atoms with van der Waals surface area (Å²) in [7, 11) is 0. The third kappa shape index (κ3) is 9.58. The number of hydrogen-bond donors (Lipinski definition) is 3. The molecule has 0 spiro atoms. The van der Waals surface area contributed by atoms with Crippen LogP contribution in [0.5, 0.6) is 0 Å². The summed E-state index contributed by atoms with van der Waals surface area (Å²) in [5.41, 5.74) is 0.885. The Hall–Kier alpha value is -2.68. The SMILES string of the molecule is C=CCOC(=O)N[C@@H](CSCCNC(=O)OCc1ccccc1)C(=O)O. The predicted molar refractivity (Wildman–Crippen MR) is 98.1 cm³/mol. The van der Waals surface area contributed by atoms with Gasteiger partial charge in [-0.1, -0.05) is 43.0 Å². The molecule has 0 saturated heterocycles. The van der Waals surface area contributed by atoms with E-state index >= 15 is 0 Å². The topological polar surface area (TPSA) is 114 Å². The van der Waals surface area contributed by atoms with E-state index in [9.17, 15) is 14.4 Å². The molecule has 0 aromatic heterocycles. The Labute approximate surface area is 155 Å². The number of carboxylic acid groups (broad SMARTS) is 1. The number of carbonyl (C=O) groups excluding carboxylic acids is 2. The van der Waals surface area contributed by atoms with Gasteiger partial charge in [-0.3, -0.25) is 0 Å². The average molecular weight is 382 g/mol. The van der Waals surface area contributed by atoms with E-state index in [0.29, 0.717) is 12.3 Å². The highest BCUT2D eigenvalue weighted by Crippen LogP contribution is 2.04. The molecule has 9 heteroatoms. The van der Waals surface area contributed by atoms with E-state index < -0.39 is 24.2 Å². The molecule has 0 bridgehead atoms. The molecule has 1 rings (SSSR count). The molecule has 8 nitrogen and oxygen atoms in total. The number of nitrogens with one attached hydrogen (secondary N) is 2. The maximum absolute atomic E-state index is 11.5. The summed E-state index contributed by atoms with van der Waals surface area (Å²) >= 11 is 1.27. The van der Waals surface area contributed by atoms with Crippen molar-refractivity contribution in [1.29, 1.82) is 0 Å². The molecule has 2 amide bonds. The number of ether oxygens (including phenoxy) is 2. The van der Waals surface area contributed by atoms with Gasteiger partial charge >= 0.3 is 18.2 Å². The van der Waals surface area contributed by atoms with Gasteiger partial charge in [-0.25, -0.2) is 14.4 Å². The molecule has 0 heterocycles. The molecule has 26 heavy (non-hydrogen) atoms. The van der Waals surface area contributed by atoms with E-state index in [1.807, 2.05) is 30.3 Å². The number of rotatable bonds is 11. The van der Waals surface area contributed by atoms with Crippen LogP contribution in [-0.2, 0) is 20.9 Å². The summed E-state index contributed by atoms with van der Waals surface area (Å²) in [6.45, 7) is 3.88. The normalized spacial score (nSPS) is 11.1. The minimum absolute atomic E-state index is 0.000326. The molecule has 0 aliphatic carbocycles. The van der Waals surface area contributed by atoms with E-state index in [4.69, 9.17) is 9.84 Å². The van der Waals surface area contributed by atoms with Crippen LogP contribution in [0.1, 0.15) is 5.56 Å². The fraction of sp³-hybridized carbons (Fsp3) is 0.353. The Morgan fingerprint density at radius 2 is 1.92 bits per heavy atom. The molecule has 0 unspecified atom stereocenters. The summed E-state index contributed by atoms with van der Waals surface area (Å²) in [5.74, 6) is -0.560. The predicted octanol–water partition coefficient (Wildman–Crippen LogP) is 2.01. The summed E-state index contributed by atoms with van der Waals surface area (Å²) in [6.07, 6.45) is 0.0167. The lowest BCUT2D eigenvalue weighted by atomic mass is 10.2. The minimum Gasteiger partial charge on any atom is -0.480 e. The highest BCUT2D eigenvalue weighted by Gasteiger charge is 2.20. The van der Waals surface area contributed by atoms with Crippen molar-refractivity contribution >= 4 is 29.9 Å². The maximum Gasteiger partial charge on any atom is 0.408 e. The smallest absolute Gasteiger partial charge is 0.408 e. The first-order valence-electron chi connectivity index (χ1n) is 7.82. The summed E-state index contributed by atoms with van der Waals surface area (Å²) < 4.78 is 9.73. The zero-order chi connectivity index (χ0) is 19.2. The molecule has 0 aliphatic rings. The molecule has 3 N–H and O–H groups in total. The number of amides is 2. The first kappa shape index (κ1) is 21.4. The van der Waals surface area contributed by atoms with Crippen LogP contribution in [0.25, 0.3) is 0 Å². The molecule has 0 saturated carbocycles. The standard InChI is InChI=1S/C17H22N2O6S/c1-2-9-24-17(23)19-14(15(20)21)12-26-10-8-18-16(22)25-11-13-6-4-3-5-7-13/h2-7,14H,1,8-12H2,(H,18,22)(H,19,23)(H,20,21)/t14-/m0/s1. The van der Waals surface area contributed by atoms with E-state index in [0.717, 1.165) is 5.56 Å². The van der Waals surface area contributed by atoms with Gasteiger partial charge in [0.1, 0.15) is 19.3 Å². The molecular weight excluding hydrogens is 360 g/mol. The van der Waals surface area contributed by atoms with Crippen LogP contribution in [0, 0.1) is 0 Å². The van der Waals surface area contributed by atoms with Crippen LogP contribution in [-0.4, -0.2) is 54.0 Å². The van der Waals surface area contributed by atoms with Crippen molar-refractivity contribution in [2.75, 3.05) is 24.7 Å². The van der Waals surface area contributed by atoms with E-state index in [1.165, 1.54) is 17.8 Å². The van der Waals surface area contributed by atoms with Gasteiger partial charge < -0.3 is 25.2 Å². The van der Waals surface area contributed by atoms with Crippen LogP contribution in [0.4, 0.5) is 9.59 Å². The van der Waals surface area contributed by atoms with E-state index in [1.54, 1.807) is 0 Å². The van der Waals surface area contributed by atoms with Crippen LogP contribution in [0.15, 0.2) is 43.0 Å². The number of thioether (sulfide) groups is 1. The molecule has 142 valence electrons. The van der Waals surface area contributed by atoms with Gasteiger partial charge in [0.2, 0.25) is 0 Å². The number of hydrogen-bond acceptors (Lipinski definition) is 6. The highest BCUT2D eigenvalue weighted by molar-refractivity contribution is 7.99. The second kappa shape index (κ2) is 12.6. The Bertz CT molecular complexity index is 596. The van der Waals surface area contributed by atoms with Gasteiger partial charge in [0.25, 0.3) is 0 Å². The first-order chi connectivity index (χ1) is 12.5. The quantitative estimate of drug-likeness (QED) is 0.396. The molecule has 0 radical (unpaired) electrons. The number of alkyl carbamates (subject to hydrolysis) is 2. The van der Waals surface area contributed by atoms with Crippen molar-refractivity contribution in [3.63, 3.8) is 0 Å². The Morgan fingerprint density at radius 3 is 2.58 bits per heavy atom. The zero-order valence-corrected chi connectivity index (χ0v) is 15.0. The van der Waals surface area contributed by atoms with Crippen LogP contribution in [0.3, 0.4) is 0 Å². The first-order valence-corrected chi connectivity index (χ1v) is 8.97. The van der Waals surface area contributed by atoms with Gasteiger partial charge in [0, 0.05) is 18.1 Å². The van der Waals surface area contributed by atoms with Crippen molar-refractivity contribution < 1.29 is 29.0 Å². The third-order valence-corrected chi connectivity index (χ3v) is 4.00. The van der Waals surface area contributed by atoms with Crippen LogP contribution < -0.4 is 10.6 Å². The van der Waals surface area contributed by atoms with Gasteiger partial charge in [0.15, 0.2) is 0 Å². The minimum atomic E-state index is -1.16. The van der Waals surface area contributed by atoms with Gasteiger partial charge in [0.05, 0.1) is 0 Å². The van der Waals surface area contributed by atoms with Crippen molar-refractivity contribution in [3.8, 4) is 0 Å². The van der Waals surface area contributed by atoms with Gasteiger partial charge in [-0.2, -0.15) is 11.8 Å². The Kier molecular flexibility index (Phi) is 10.4. The van der Waals surface area contributed by atoms with Gasteiger partial charge in [-0.05, 0) is 5.56 Å². The van der Waals surface area contributed by atoms with E-state index in [2.05, 4.69) is 21.9 Å². The molecule has 0 aliphatic heterocycles. The average Bonchev–Trinajstić information content (AvgIpc) is 2.64. The summed E-state index contributed by atoms with van der Waals surface area (Å²) in [5, 5.41) is 13.9. The number of carboxylic acids is 1. The lowest BCUT2D eigenvalue weighted by Crippen LogP contribution is -2.43. The lowest BCUT2D eigenvalue weighted by Gasteiger charge is -2.14. The maximum atomic E-state index is 11.5. The fourth-order valence-electron chi connectivity index (χ4n) is 1.69. The number of aliphatic carboxylic acids is 1. The Balaban J connectivity index is 2.16. The fourth-order valence-corrected chi connectivity index (χ4v) is 2.57. The molecule has 1 atom stereocenters. The van der Waals surface area contributed by atoms with Gasteiger partial charge in [-0.15, -0.1) is 0 Å². The Morgan fingerprint density at radius 1 is 1.19 bits per heavy atom. The van der Waals surface area contributed by atoms with Crippen molar-refractivity contribution in [2.45, 2.75) is 12.6 Å². The molecule has 0 fully saturated rings. The lowest BCUT2D eigenvalue weighted by molar-refractivity contribution is -0.138. The summed E-state index contributed by atoms with van der Waals surface area (Å²) in [6, 6.07) is 8.20. The second-order valence-electron chi connectivity index (χ2n) is 4.99. The summed E-state index contributed by atoms with van der Waals surface area (Å²) in [4.78, 5) is 34.0. The van der Waals surface area contributed by atoms with Crippen molar-refractivity contribution in [3.05, 3.63) is 48.6 Å². The van der Waals surface area contributed by atoms with E-state index in [-0.39, 0.29) is 19.0 Å². The highest BCUT2D eigenvalue weighted by atomic mass is 32.2. The van der Waals surface area contributed by atoms with Crippen molar-refractivity contribution in [1.82, 2.24) is 10.6 Å². The van der Waals surface area contributed by atoms with Crippen LogP contribution in [0.2, 0.25) is 0 Å². The largest absolute Gasteiger partial charge is 0.480 e. The monoisotopic (exact) mass is 382 g/mol. The molecular formula is C17H22N2O6S. The molecule has 1 aromatic carbocycles. The van der Waals surface area contributed by atoms with Crippen molar-refractivity contribution in [2.24, 2.45) is 0 Å². The molecule has 1 aromatic rings. The second-order valence-corrected chi connectivity index (χ2v) is 6.14. The number of benzene rings is 1. The number of carbonyl (C=O) groups is 3. The third-order valence-electron chi connectivity index (χ3n) is 2.94. The zero-order valence-electron chi connectivity index (χ0n) is 14.2. The van der Waals surface area contributed by atoms with Crippen LogP contribution >= 0.6 is 11.8 Å².